The van der Waals surface area contributed by atoms with Gasteiger partial charge in [0.25, 0.3) is 0 Å². The van der Waals surface area contributed by atoms with E-state index < -0.39 is 0 Å². The van der Waals surface area contributed by atoms with E-state index in [-0.39, 0.29) is 11.9 Å². The first-order valence-corrected chi connectivity index (χ1v) is 6.67. The summed E-state index contributed by atoms with van der Waals surface area (Å²) >= 11 is 1.72. The summed E-state index contributed by atoms with van der Waals surface area (Å²) in [6, 6.07) is 2.56. The molecule has 1 aliphatic heterocycles. The average Bonchev–Trinajstić information content (AvgIpc) is 2.83. The van der Waals surface area contributed by atoms with E-state index in [1.807, 2.05) is 6.92 Å². The van der Waals surface area contributed by atoms with E-state index in [1.54, 1.807) is 11.3 Å². The Kier molecular flexibility index (Phi) is 3.96. The van der Waals surface area contributed by atoms with Gasteiger partial charge in [-0.3, -0.25) is 4.79 Å². The van der Waals surface area contributed by atoms with Crippen LogP contribution >= 0.6 is 11.3 Å². The summed E-state index contributed by atoms with van der Waals surface area (Å²) in [6.45, 7) is 3.06. The molecule has 1 fully saturated rings. The molecule has 0 aliphatic carbocycles. The quantitative estimate of drug-likeness (QED) is 0.823. The number of ether oxygens (including phenoxy) is 1. The van der Waals surface area contributed by atoms with Gasteiger partial charge in [0.2, 0.25) is 0 Å². The summed E-state index contributed by atoms with van der Waals surface area (Å²) in [7, 11) is 0. The van der Waals surface area contributed by atoms with Crippen LogP contribution in [0.1, 0.15) is 31.4 Å². The lowest BCUT2D eigenvalue weighted by molar-refractivity contribution is -0.148. The van der Waals surface area contributed by atoms with Gasteiger partial charge in [-0.25, -0.2) is 0 Å². The Hall–Kier alpha value is -0.870. The first-order valence-electron chi connectivity index (χ1n) is 5.73. The number of rotatable bonds is 3. The van der Waals surface area contributed by atoms with Crippen LogP contribution in [0.4, 0.5) is 0 Å². The van der Waals surface area contributed by atoms with E-state index in [0.29, 0.717) is 12.6 Å². The third kappa shape index (κ3) is 2.62. The number of hydrogen-bond donors (Lipinski definition) is 1. The predicted molar refractivity (Wildman–Crippen MR) is 64.4 cm³/mol. The largest absolute Gasteiger partial charge is 0.466 e. The molecule has 1 N–H and O–H groups in total. The van der Waals surface area contributed by atoms with Gasteiger partial charge in [0.05, 0.1) is 12.5 Å². The second-order valence-electron chi connectivity index (χ2n) is 4.04. The van der Waals surface area contributed by atoms with Gasteiger partial charge in [-0.1, -0.05) is 0 Å². The molecule has 16 heavy (non-hydrogen) atoms. The van der Waals surface area contributed by atoms with E-state index in [9.17, 15) is 4.79 Å². The van der Waals surface area contributed by atoms with Gasteiger partial charge in [0.15, 0.2) is 0 Å². The second kappa shape index (κ2) is 5.46. The van der Waals surface area contributed by atoms with Crippen LogP contribution in [-0.2, 0) is 9.53 Å². The molecule has 88 valence electrons. The zero-order valence-electron chi connectivity index (χ0n) is 9.44. The fourth-order valence-electron chi connectivity index (χ4n) is 2.08. The predicted octanol–water partition coefficient (Wildman–Crippen LogP) is 2.35. The van der Waals surface area contributed by atoms with Crippen LogP contribution in [0.5, 0.6) is 0 Å². The summed E-state index contributed by atoms with van der Waals surface area (Å²) < 4.78 is 5.03. The molecule has 2 rings (SSSR count). The molecule has 2 atom stereocenters. The van der Waals surface area contributed by atoms with E-state index in [4.69, 9.17) is 4.74 Å². The Morgan fingerprint density at radius 2 is 2.50 bits per heavy atom. The standard InChI is InChI=1S/C12H17NO2S/c1-2-15-12(14)9-3-4-11(13-7-9)10-5-6-16-8-10/h5-6,8-9,11,13H,2-4,7H2,1H3. The highest BCUT2D eigenvalue weighted by Gasteiger charge is 2.27. The van der Waals surface area contributed by atoms with Crippen LogP contribution in [0.2, 0.25) is 0 Å². The van der Waals surface area contributed by atoms with Crippen LogP contribution in [0, 0.1) is 5.92 Å². The Balaban J connectivity index is 1.85. The van der Waals surface area contributed by atoms with Gasteiger partial charge in [0.1, 0.15) is 0 Å². The molecule has 1 aromatic heterocycles. The Morgan fingerprint density at radius 3 is 3.06 bits per heavy atom. The molecule has 0 radical (unpaired) electrons. The zero-order chi connectivity index (χ0) is 11.4. The minimum Gasteiger partial charge on any atom is -0.466 e. The maximum Gasteiger partial charge on any atom is 0.310 e. The van der Waals surface area contributed by atoms with Crippen molar-refractivity contribution in [3.8, 4) is 0 Å². The lowest BCUT2D eigenvalue weighted by atomic mass is 9.92. The minimum absolute atomic E-state index is 0.0369. The summed E-state index contributed by atoms with van der Waals surface area (Å²) in [5, 5.41) is 7.68. The molecule has 0 amide bonds. The number of carbonyl (C=O) groups excluding carboxylic acids is 1. The minimum atomic E-state index is -0.0567. The molecular weight excluding hydrogens is 222 g/mol. The number of carbonyl (C=O) groups is 1. The van der Waals surface area contributed by atoms with Gasteiger partial charge >= 0.3 is 5.97 Å². The number of esters is 1. The molecule has 0 spiro atoms. The van der Waals surface area contributed by atoms with E-state index in [2.05, 4.69) is 22.1 Å². The molecule has 2 heterocycles. The van der Waals surface area contributed by atoms with Crippen molar-refractivity contribution in [2.45, 2.75) is 25.8 Å². The fourth-order valence-corrected chi connectivity index (χ4v) is 2.79. The lowest BCUT2D eigenvalue weighted by Crippen LogP contribution is -2.37. The van der Waals surface area contributed by atoms with Gasteiger partial charge in [-0.15, -0.1) is 0 Å². The van der Waals surface area contributed by atoms with Gasteiger partial charge in [0, 0.05) is 12.6 Å². The molecule has 3 nitrogen and oxygen atoms in total. The summed E-state index contributed by atoms with van der Waals surface area (Å²) in [6.07, 6.45) is 1.94. The van der Waals surface area contributed by atoms with Gasteiger partial charge in [-0.05, 0) is 42.2 Å². The number of thiophene rings is 1. The van der Waals surface area contributed by atoms with Crippen molar-refractivity contribution in [3.05, 3.63) is 22.4 Å². The second-order valence-corrected chi connectivity index (χ2v) is 4.82. The first kappa shape index (κ1) is 11.6. The lowest BCUT2D eigenvalue weighted by Gasteiger charge is -2.28. The Bertz CT molecular complexity index is 329. The molecule has 2 unspecified atom stereocenters. The van der Waals surface area contributed by atoms with Crippen molar-refractivity contribution in [3.63, 3.8) is 0 Å². The van der Waals surface area contributed by atoms with Crippen molar-refractivity contribution in [2.75, 3.05) is 13.2 Å². The van der Waals surface area contributed by atoms with Crippen molar-refractivity contribution in [1.82, 2.24) is 5.32 Å². The maximum atomic E-state index is 11.5. The molecule has 4 heteroatoms. The third-order valence-electron chi connectivity index (χ3n) is 2.98. The van der Waals surface area contributed by atoms with Crippen molar-refractivity contribution < 1.29 is 9.53 Å². The van der Waals surface area contributed by atoms with Gasteiger partial charge in [-0.2, -0.15) is 11.3 Å². The summed E-state index contributed by atoms with van der Waals surface area (Å²) in [4.78, 5) is 11.5. The Morgan fingerprint density at radius 1 is 1.62 bits per heavy atom. The van der Waals surface area contributed by atoms with Gasteiger partial charge < -0.3 is 10.1 Å². The van der Waals surface area contributed by atoms with Crippen LogP contribution in [0.3, 0.4) is 0 Å². The Labute approximate surface area is 99.8 Å². The van der Waals surface area contributed by atoms with Crippen LogP contribution in [-0.4, -0.2) is 19.1 Å². The van der Waals surface area contributed by atoms with E-state index in [1.165, 1.54) is 5.56 Å². The summed E-state index contributed by atoms with van der Waals surface area (Å²) in [5.41, 5.74) is 1.34. The molecule has 1 aromatic rings. The molecular formula is C12H17NO2S. The third-order valence-corrected chi connectivity index (χ3v) is 3.68. The fraction of sp³-hybridized carbons (Fsp3) is 0.583. The first-order chi connectivity index (χ1) is 7.81. The monoisotopic (exact) mass is 239 g/mol. The number of hydrogen-bond acceptors (Lipinski definition) is 4. The smallest absolute Gasteiger partial charge is 0.310 e. The number of nitrogens with one attached hydrogen (secondary N) is 1. The molecule has 0 bridgehead atoms. The summed E-state index contributed by atoms with van der Waals surface area (Å²) in [5.74, 6) is -0.0198. The van der Waals surface area contributed by atoms with Crippen molar-refractivity contribution >= 4 is 17.3 Å². The average molecular weight is 239 g/mol. The molecule has 0 saturated carbocycles. The van der Waals surface area contributed by atoms with Crippen LogP contribution in [0.15, 0.2) is 16.8 Å². The maximum absolute atomic E-state index is 11.5. The van der Waals surface area contributed by atoms with Crippen molar-refractivity contribution in [2.24, 2.45) is 5.92 Å². The molecule has 0 aromatic carbocycles. The topological polar surface area (TPSA) is 38.3 Å². The van der Waals surface area contributed by atoms with Crippen LogP contribution < -0.4 is 5.32 Å². The normalized spacial score (nSPS) is 25.3. The highest BCUT2D eigenvalue weighted by atomic mass is 32.1. The van der Waals surface area contributed by atoms with Crippen LogP contribution in [0.25, 0.3) is 0 Å². The van der Waals surface area contributed by atoms with E-state index in [0.717, 1.165) is 19.4 Å². The number of piperidine rings is 1. The molecule has 1 aliphatic rings. The zero-order valence-corrected chi connectivity index (χ0v) is 10.3. The molecule has 1 saturated heterocycles. The SMILES string of the molecule is CCOC(=O)C1CCC(c2ccsc2)NC1. The van der Waals surface area contributed by atoms with Crippen molar-refractivity contribution in [1.29, 1.82) is 0 Å². The highest BCUT2D eigenvalue weighted by Crippen LogP contribution is 2.27. The highest BCUT2D eigenvalue weighted by molar-refractivity contribution is 7.07. The van der Waals surface area contributed by atoms with E-state index >= 15 is 0 Å².